The molecule has 0 radical (unpaired) electrons. The fraction of sp³-hybridized carbons (Fsp3) is 0.125. The van der Waals surface area contributed by atoms with E-state index in [0.717, 1.165) is 5.56 Å². The van der Waals surface area contributed by atoms with Crippen molar-refractivity contribution in [1.82, 2.24) is 0 Å². The smallest absolute Gasteiger partial charge is 0.320 e. The van der Waals surface area contributed by atoms with Gasteiger partial charge in [0.25, 0.3) is 0 Å². The summed E-state index contributed by atoms with van der Waals surface area (Å²) in [4.78, 5) is 20.5. The first-order valence-corrected chi connectivity index (χ1v) is 6.43. The molecule has 0 spiro atoms. The summed E-state index contributed by atoms with van der Waals surface area (Å²) in [5.74, 6) is -0.826. The lowest BCUT2D eigenvalue weighted by Crippen LogP contribution is -2.32. The van der Waals surface area contributed by atoms with E-state index in [1.54, 1.807) is 30.3 Å². The molecule has 0 aliphatic carbocycles. The van der Waals surface area contributed by atoms with E-state index in [-0.39, 0.29) is 17.9 Å². The fourth-order valence-electron chi connectivity index (χ4n) is 1.56. The highest BCUT2D eigenvalue weighted by atomic mass is 16.4. The molecular formula is C16H17NO5. The van der Waals surface area contributed by atoms with Crippen LogP contribution in [0.5, 0.6) is 11.5 Å². The standard InChI is InChI=1S/C9H11NO3.C7H6O2/c10-8(9(12)13)5-6-1-3-7(11)4-2-6;8-5-6-3-1-2-4-7(6)9/h1-4,8,11H,5,10H2,(H,12,13);1-5,9H. The van der Waals surface area contributed by atoms with Crippen molar-refractivity contribution in [3.63, 3.8) is 0 Å². The lowest BCUT2D eigenvalue weighted by molar-refractivity contribution is -0.138. The van der Waals surface area contributed by atoms with Crippen molar-refractivity contribution in [3.05, 3.63) is 59.7 Å². The van der Waals surface area contributed by atoms with E-state index in [0.29, 0.717) is 11.8 Å². The maximum Gasteiger partial charge on any atom is 0.320 e. The molecule has 1 unspecified atom stereocenters. The predicted molar refractivity (Wildman–Crippen MR) is 80.9 cm³/mol. The lowest BCUT2D eigenvalue weighted by Gasteiger charge is -2.05. The number of aromatic hydroxyl groups is 2. The van der Waals surface area contributed by atoms with Gasteiger partial charge in [-0.2, -0.15) is 0 Å². The second-order valence-corrected chi connectivity index (χ2v) is 4.49. The highest BCUT2D eigenvalue weighted by molar-refractivity contribution is 5.78. The van der Waals surface area contributed by atoms with Gasteiger partial charge in [0.05, 0.1) is 5.56 Å². The molecule has 6 heteroatoms. The van der Waals surface area contributed by atoms with Crippen LogP contribution in [0.25, 0.3) is 0 Å². The number of aliphatic carboxylic acids is 1. The third-order valence-corrected chi connectivity index (χ3v) is 2.77. The number of phenols is 2. The van der Waals surface area contributed by atoms with E-state index in [2.05, 4.69) is 0 Å². The first kappa shape index (κ1) is 17.2. The van der Waals surface area contributed by atoms with Crippen LogP contribution in [0.15, 0.2) is 48.5 Å². The summed E-state index contributed by atoms with van der Waals surface area (Å²) in [6.45, 7) is 0. The second kappa shape index (κ2) is 8.43. The van der Waals surface area contributed by atoms with E-state index >= 15 is 0 Å². The van der Waals surface area contributed by atoms with E-state index in [9.17, 15) is 9.59 Å². The molecule has 0 amide bonds. The average molecular weight is 303 g/mol. The van der Waals surface area contributed by atoms with Gasteiger partial charge in [-0.15, -0.1) is 0 Å². The van der Waals surface area contributed by atoms with Crippen LogP contribution in [0.1, 0.15) is 15.9 Å². The second-order valence-electron chi connectivity index (χ2n) is 4.49. The number of rotatable bonds is 4. The number of carbonyl (C=O) groups excluding carboxylic acids is 1. The quantitative estimate of drug-likeness (QED) is 0.636. The molecule has 0 bridgehead atoms. The van der Waals surface area contributed by atoms with Gasteiger partial charge in [-0.05, 0) is 36.2 Å². The number of nitrogens with two attached hydrogens (primary N) is 1. The lowest BCUT2D eigenvalue weighted by atomic mass is 10.1. The molecule has 2 aromatic rings. The molecule has 0 aliphatic heterocycles. The molecule has 116 valence electrons. The molecule has 2 aromatic carbocycles. The van der Waals surface area contributed by atoms with E-state index in [4.69, 9.17) is 21.1 Å². The Morgan fingerprint density at radius 3 is 2.14 bits per heavy atom. The largest absolute Gasteiger partial charge is 0.508 e. The molecule has 0 saturated heterocycles. The van der Waals surface area contributed by atoms with Crippen LogP contribution in [0.4, 0.5) is 0 Å². The zero-order valence-electron chi connectivity index (χ0n) is 11.7. The number of hydrogen-bond donors (Lipinski definition) is 4. The topological polar surface area (TPSA) is 121 Å². The van der Waals surface area contributed by atoms with Crippen molar-refractivity contribution >= 4 is 12.3 Å². The van der Waals surface area contributed by atoms with Gasteiger partial charge in [-0.25, -0.2) is 0 Å². The molecule has 0 aliphatic rings. The third-order valence-electron chi connectivity index (χ3n) is 2.77. The highest BCUT2D eigenvalue weighted by Crippen LogP contribution is 2.12. The van der Waals surface area contributed by atoms with Gasteiger partial charge in [-0.3, -0.25) is 9.59 Å². The number of carboxylic acid groups (broad SMARTS) is 1. The summed E-state index contributed by atoms with van der Waals surface area (Å²) in [7, 11) is 0. The van der Waals surface area contributed by atoms with Crippen molar-refractivity contribution in [3.8, 4) is 11.5 Å². The van der Waals surface area contributed by atoms with Gasteiger partial charge in [-0.1, -0.05) is 24.3 Å². The Morgan fingerprint density at radius 2 is 1.68 bits per heavy atom. The van der Waals surface area contributed by atoms with Gasteiger partial charge < -0.3 is 21.1 Å². The van der Waals surface area contributed by atoms with Crippen LogP contribution in [-0.2, 0) is 11.2 Å². The summed E-state index contributed by atoms with van der Waals surface area (Å²) >= 11 is 0. The molecule has 5 N–H and O–H groups in total. The van der Waals surface area contributed by atoms with Gasteiger partial charge in [0, 0.05) is 0 Å². The summed E-state index contributed by atoms with van der Waals surface area (Å²) in [6.07, 6.45) is 0.894. The average Bonchev–Trinajstić information content (AvgIpc) is 2.50. The van der Waals surface area contributed by atoms with Crippen LogP contribution in [0.3, 0.4) is 0 Å². The maximum absolute atomic E-state index is 10.4. The molecule has 0 aromatic heterocycles. The first-order valence-electron chi connectivity index (χ1n) is 6.43. The van der Waals surface area contributed by atoms with E-state index in [1.807, 2.05) is 0 Å². The number of aldehydes is 1. The van der Waals surface area contributed by atoms with E-state index in [1.165, 1.54) is 18.2 Å². The summed E-state index contributed by atoms with van der Waals surface area (Å²) in [5.41, 5.74) is 6.45. The zero-order valence-corrected chi connectivity index (χ0v) is 11.7. The minimum Gasteiger partial charge on any atom is -0.508 e. The van der Waals surface area contributed by atoms with Crippen LogP contribution < -0.4 is 5.73 Å². The minimum atomic E-state index is -1.02. The van der Waals surface area contributed by atoms with Gasteiger partial charge in [0.2, 0.25) is 0 Å². The summed E-state index contributed by atoms with van der Waals surface area (Å²) in [5, 5.41) is 26.4. The van der Waals surface area contributed by atoms with Crippen molar-refractivity contribution in [2.24, 2.45) is 5.73 Å². The normalized spacial score (nSPS) is 11.0. The number of phenolic OH excluding ortho intramolecular Hbond substituents is 2. The molecule has 0 heterocycles. The molecule has 2 rings (SSSR count). The molecule has 22 heavy (non-hydrogen) atoms. The van der Waals surface area contributed by atoms with Gasteiger partial charge in [0.15, 0.2) is 6.29 Å². The zero-order chi connectivity index (χ0) is 16.5. The Morgan fingerprint density at radius 1 is 1.09 bits per heavy atom. The highest BCUT2D eigenvalue weighted by Gasteiger charge is 2.11. The Labute approximate surface area is 127 Å². The predicted octanol–water partition coefficient (Wildman–Crippen LogP) is 1.55. The van der Waals surface area contributed by atoms with E-state index < -0.39 is 12.0 Å². The van der Waals surface area contributed by atoms with Crippen molar-refractivity contribution in [2.45, 2.75) is 12.5 Å². The number of carbonyl (C=O) groups is 2. The molecule has 0 saturated carbocycles. The molecular weight excluding hydrogens is 286 g/mol. The number of para-hydroxylation sites is 1. The molecule has 0 fully saturated rings. The molecule has 1 atom stereocenters. The summed E-state index contributed by atoms with van der Waals surface area (Å²) < 4.78 is 0. The number of carboxylic acids is 1. The summed E-state index contributed by atoms with van der Waals surface area (Å²) in [6, 6.07) is 11.8. The van der Waals surface area contributed by atoms with Crippen LogP contribution in [0, 0.1) is 0 Å². The maximum atomic E-state index is 10.4. The van der Waals surface area contributed by atoms with Crippen LogP contribution in [-0.4, -0.2) is 33.6 Å². The van der Waals surface area contributed by atoms with Gasteiger partial charge >= 0.3 is 5.97 Å². The van der Waals surface area contributed by atoms with Crippen LogP contribution >= 0.6 is 0 Å². The van der Waals surface area contributed by atoms with Crippen molar-refractivity contribution < 1.29 is 24.9 Å². The number of benzene rings is 2. The Kier molecular flexibility index (Phi) is 6.59. The third kappa shape index (κ3) is 5.64. The fourth-order valence-corrected chi connectivity index (χ4v) is 1.56. The number of hydrogen-bond acceptors (Lipinski definition) is 5. The first-order chi connectivity index (χ1) is 10.4. The Balaban J connectivity index is 0.000000235. The SMILES string of the molecule is NC(Cc1ccc(O)cc1)C(=O)O.O=Cc1ccccc1O. The monoisotopic (exact) mass is 303 g/mol. The Hall–Kier alpha value is -2.86. The molecule has 6 nitrogen and oxygen atoms in total. The Bertz CT molecular complexity index is 625. The van der Waals surface area contributed by atoms with Crippen LogP contribution in [0.2, 0.25) is 0 Å². The minimum absolute atomic E-state index is 0.0347. The van der Waals surface area contributed by atoms with Crippen molar-refractivity contribution in [1.29, 1.82) is 0 Å². The van der Waals surface area contributed by atoms with Crippen molar-refractivity contribution in [2.75, 3.05) is 0 Å². The van der Waals surface area contributed by atoms with Gasteiger partial charge in [0.1, 0.15) is 17.5 Å².